The third-order valence-electron chi connectivity index (χ3n) is 5.14. The maximum Gasteiger partial charge on any atom is 0.350 e. The van der Waals surface area contributed by atoms with Crippen molar-refractivity contribution in [2.45, 2.75) is 25.7 Å². The van der Waals surface area contributed by atoms with Crippen LogP contribution in [0.2, 0.25) is 0 Å². The van der Waals surface area contributed by atoms with Crippen LogP contribution in [0.15, 0.2) is 28.8 Å². The number of carbonyl (C=O) groups is 4. The summed E-state index contributed by atoms with van der Waals surface area (Å²) >= 11 is 0. The lowest BCUT2D eigenvalue weighted by atomic mass is 9.92. The van der Waals surface area contributed by atoms with Crippen LogP contribution in [0.5, 0.6) is 0 Å². The fourth-order valence-corrected chi connectivity index (χ4v) is 3.48. The zero-order chi connectivity index (χ0) is 20.8. The number of amides is 4. The SMILES string of the molecule is COC(=O)C1=CC2=NC(=O)N(CCCCCC(=O)N3CCOCC3)C(=O)C2C=C1. The number of imide groups is 1. The van der Waals surface area contributed by atoms with Crippen molar-refractivity contribution in [1.29, 1.82) is 0 Å². The summed E-state index contributed by atoms with van der Waals surface area (Å²) in [7, 11) is 1.26. The number of ether oxygens (including phenoxy) is 2. The lowest BCUT2D eigenvalue weighted by Crippen LogP contribution is -2.46. The Kier molecular flexibility index (Phi) is 6.92. The van der Waals surface area contributed by atoms with E-state index in [1.54, 1.807) is 6.08 Å². The van der Waals surface area contributed by atoms with Crippen LogP contribution in [0, 0.1) is 5.92 Å². The largest absolute Gasteiger partial charge is 0.465 e. The van der Waals surface area contributed by atoms with Gasteiger partial charge in [-0.15, -0.1) is 0 Å². The fourth-order valence-electron chi connectivity index (χ4n) is 3.48. The van der Waals surface area contributed by atoms with Crippen LogP contribution in [-0.4, -0.2) is 79.3 Å². The lowest BCUT2D eigenvalue weighted by Gasteiger charge is -2.29. The molecule has 1 saturated heterocycles. The van der Waals surface area contributed by atoms with E-state index in [4.69, 9.17) is 4.74 Å². The van der Waals surface area contributed by atoms with Gasteiger partial charge in [0, 0.05) is 26.1 Å². The van der Waals surface area contributed by atoms with Gasteiger partial charge in [0.2, 0.25) is 11.8 Å². The van der Waals surface area contributed by atoms with Crippen molar-refractivity contribution >= 4 is 29.5 Å². The third kappa shape index (κ3) is 4.97. The number of esters is 1. The molecule has 0 saturated carbocycles. The molecule has 1 atom stereocenters. The highest BCUT2D eigenvalue weighted by Crippen LogP contribution is 2.23. The van der Waals surface area contributed by atoms with Gasteiger partial charge >= 0.3 is 12.0 Å². The summed E-state index contributed by atoms with van der Waals surface area (Å²) in [5.41, 5.74) is 0.511. The molecule has 0 bridgehead atoms. The van der Waals surface area contributed by atoms with Gasteiger partial charge in [-0.2, -0.15) is 4.99 Å². The number of methoxy groups -OCH3 is 1. The average Bonchev–Trinajstić information content (AvgIpc) is 2.75. The number of carbonyl (C=O) groups excluding carboxylic acids is 4. The maximum absolute atomic E-state index is 12.6. The first-order chi connectivity index (χ1) is 14.0. The van der Waals surface area contributed by atoms with Crippen LogP contribution in [-0.2, 0) is 23.9 Å². The van der Waals surface area contributed by atoms with Gasteiger partial charge in [-0.25, -0.2) is 9.59 Å². The van der Waals surface area contributed by atoms with E-state index in [2.05, 4.69) is 9.73 Å². The van der Waals surface area contributed by atoms with Gasteiger partial charge in [0.25, 0.3) is 0 Å². The average molecular weight is 403 g/mol. The number of allylic oxidation sites excluding steroid dienone is 1. The van der Waals surface area contributed by atoms with Crippen LogP contribution >= 0.6 is 0 Å². The third-order valence-corrected chi connectivity index (χ3v) is 5.14. The van der Waals surface area contributed by atoms with Crippen LogP contribution in [0.1, 0.15) is 25.7 Å². The molecule has 29 heavy (non-hydrogen) atoms. The Morgan fingerprint density at radius 3 is 2.69 bits per heavy atom. The summed E-state index contributed by atoms with van der Waals surface area (Å²) in [4.78, 5) is 55.5. The molecule has 1 fully saturated rings. The van der Waals surface area contributed by atoms with Gasteiger partial charge < -0.3 is 14.4 Å². The number of hydrogen-bond acceptors (Lipinski definition) is 6. The highest BCUT2D eigenvalue weighted by Gasteiger charge is 2.36. The highest BCUT2D eigenvalue weighted by atomic mass is 16.5. The van der Waals surface area contributed by atoms with Gasteiger partial charge in [0.1, 0.15) is 0 Å². The van der Waals surface area contributed by atoms with E-state index >= 15 is 0 Å². The van der Waals surface area contributed by atoms with E-state index in [1.165, 1.54) is 19.3 Å². The number of fused-ring (bicyclic) bond motifs is 1. The van der Waals surface area contributed by atoms with Crippen molar-refractivity contribution in [2.24, 2.45) is 10.9 Å². The predicted octanol–water partition coefficient (Wildman–Crippen LogP) is 1.09. The van der Waals surface area contributed by atoms with Crippen molar-refractivity contribution in [1.82, 2.24) is 9.80 Å². The summed E-state index contributed by atoms with van der Waals surface area (Å²) in [6.45, 7) is 2.70. The Morgan fingerprint density at radius 2 is 1.97 bits per heavy atom. The second-order valence-corrected chi connectivity index (χ2v) is 7.04. The summed E-state index contributed by atoms with van der Waals surface area (Å²) in [5.74, 6) is -1.44. The lowest BCUT2D eigenvalue weighted by molar-refractivity contribution is -0.136. The minimum Gasteiger partial charge on any atom is -0.465 e. The summed E-state index contributed by atoms with van der Waals surface area (Å²) in [6, 6.07) is -0.624. The van der Waals surface area contributed by atoms with Crippen molar-refractivity contribution in [2.75, 3.05) is 40.0 Å². The van der Waals surface area contributed by atoms with Crippen molar-refractivity contribution < 1.29 is 28.7 Å². The molecule has 9 nitrogen and oxygen atoms in total. The Hall–Kier alpha value is -2.81. The molecular formula is C20H25N3O6. The fraction of sp³-hybridized carbons (Fsp3) is 0.550. The quantitative estimate of drug-likeness (QED) is 0.465. The highest BCUT2D eigenvalue weighted by molar-refractivity contribution is 6.23. The number of unbranched alkanes of at least 4 members (excludes halogenated alkanes) is 2. The van der Waals surface area contributed by atoms with Crippen LogP contribution in [0.3, 0.4) is 0 Å². The molecule has 3 aliphatic rings. The molecule has 0 aromatic heterocycles. The molecule has 1 unspecified atom stereocenters. The first-order valence-corrected chi connectivity index (χ1v) is 9.79. The number of rotatable bonds is 7. The molecule has 4 amide bonds. The monoisotopic (exact) mass is 403 g/mol. The number of nitrogens with zero attached hydrogens (tertiary/aromatic N) is 3. The first-order valence-electron chi connectivity index (χ1n) is 9.79. The standard InChI is InChI=1S/C20H25N3O6/c1-28-19(26)14-6-7-15-16(13-14)21-20(27)23(18(15)25)8-4-2-3-5-17(24)22-9-11-29-12-10-22/h6-7,13,15H,2-5,8-12H2,1H3. The van der Waals surface area contributed by atoms with Crippen molar-refractivity contribution in [3.8, 4) is 0 Å². The summed E-state index contributed by atoms with van der Waals surface area (Å²) in [5, 5.41) is 0. The number of aliphatic imine (C=N–C) groups is 1. The normalized spacial score (nSPS) is 21.5. The molecular weight excluding hydrogens is 378 g/mol. The van der Waals surface area contributed by atoms with Crippen molar-refractivity contribution in [3.05, 3.63) is 23.8 Å². The Bertz CT molecular complexity index is 779. The smallest absolute Gasteiger partial charge is 0.350 e. The Labute approximate surface area is 169 Å². The van der Waals surface area contributed by atoms with Gasteiger partial charge in [0.15, 0.2) is 0 Å². The van der Waals surface area contributed by atoms with Crippen LogP contribution < -0.4 is 0 Å². The molecule has 0 N–H and O–H groups in total. The van der Waals surface area contributed by atoms with E-state index in [1.807, 2.05) is 4.90 Å². The molecule has 2 heterocycles. The van der Waals surface area contributed by atoms with Crippen LogP contribution in [0.25, 0.3) is 0 Å². The molecule has 0 aromatic rings. The molecule has 0 radical (unpaired) electrons. The van der Waals surface area contributed by atoms with Crippen molar-refractivity contribution in [3.63, 3.8) is 0 Å². The second kappa shape index (κ2) is 9.60. The summed E-state index contributed by atoms with van der Waals surface area (Å²) in [6.07, 6.45) is 6.99. The molecule has 1 aliphatic carbocycles. The van der Waals surface area contributed by atoms with Gasteiger partial charge in [-0.05, 0) is 18.9 Å². The Balaban J connectivity index is 1.47. The van der Waals surface area contributed by atoms with Gasteiger partial charge in [-0.1, -0.05) is 18.6 Å². The Morgan fingerprint density at radius 1 is 1.21 bits per heavy atom. The van der Waals surface area contributed by atoms with E-state index in [9.17, 15) is 19.2 Å². The molecule has 156 valence electrons. The molecule has 0 aromatic carbocycles. The number of hydrogen-bond donors (Lipinski definition) is 0. The maximum atomic E-state index is 12.6. The number of morpholine rings is 1. The molecule has 9 heteroatoms. The van der Waals surface area contributed by atoms with Gasteiger partial charge in [-0.3, -0.25) is 14.5 Å². The zero-order valence-corrected chi connectivity index (χ0v) is 16.5. The topological polar surface area (TPSA) is 106 Å². The van der Waals surface area contributed by atoms with Crippen LogP contribution in [0.4, 0.5) is 4.79 Å². The minimum atomic E-state index is -0.663. The molecule has 2 aliphatic heterocycles. The first kappa shape index (κ1) is 20.9. The number of urea groups is 1. The predicted molar refractivity (Wildman–Crippen MR) is 103 cm³/mol. The molecule has 3 rings (SSSR count). The second-order valence-electron chi connectivity index (χ2n) is 7.04. The van der Waals surface area contributed by atoms with E-state index in [0.29, 0.717) is 45.6 Å². The summed E-state index contributed by atoms with van der Waals surface area (Å²) < 4.78 is 9.88. The van der Waals surface area contributed by atoms with E-state index in [-0.39, 0.29) is 29.6 Å². The van der Waals surface area contributed by atoms with E-state index < -0.39 is 17.9 Å². The molecule has 0 spiro atoms. The minimum absolute atomic E-state index is 0.119. The zero-order valence-electron chi connectivity index (χ0n) is 16.5. The van der Waals surface area contributed by atoms with E-state index in [0.717, 1.165) is 11.3 Å². The van der Waals surface area contributed by atoms with Gasteiger partial charge in [0.05, 0.1) is 37.5 Å².